The maximum Gasteiger partial charge on any atom is 0.135 e. The Hall–Kier alpha value is -1.87. The number of benzene rings is 1. The van der Waals surface area contributed by atoms with Crippen molar-refractivity contribution in [1.82, 2.24) is 4.98 Å². The summed E-state index contributed by atoms with van der Waals surface area (Å²) in [6.07, 6.45) is 0. The molecule has 0 amide bonds. The fourth-order valence-corrected chi connectivity index (χ4v) is 2.06. The molecule has 100 valence electrons. The standard InChI is InChI=1S/C16H20N2O/c1-10-5-6-14(7-11(10)2)19-16-8-12(3)18-13(4)15(16)9-17/h5-8H,9,17H2,1-4H3. The summed E-state index contributed by atoms with van der Waals surface area (Å²) in [6.45, 7) is 8.52. The lowest BCUT2D eigenvalue weighted by atomic mass is 10.1. The molecule has 1 aromatic carbocycles. The summed E-state index contributed by atoms with van der Waals surface area (Å²) in [6, 6.07) is 8.02. The summed E-state index contributed by atoms with van der Waals surface area (Å²) < 4.78 is 5.98. The van der Waals surface area contributed by atoms with Crippen molar-refractivity contribution >= 4 is 0 Å². The molecule has 3 nitrogen and oxygen atoms in total. The second kappa shape index (κ2) is 5.41. The highest BCUT2D eigenvalue weighted by molar-refractivity contribution is 5.42. The van der Waals surface area contributed by atoms with E-state index in [0.717, 1.165) is 28.5 Å². The summed E-state index contributed by atoms with van der Waals surface area (Å²) in [5.74, 6) is 1.64. The maximum absolute atomic E-state index is 5.98. The van der Waals surface area contributed by atoms with E-state index in [0.29, 0.717) is 6.54 Å². The van der Waals surface area contributed by atoms with Crippen LogP contribution in [0, 0.1) is 27.7 Å². The van der Waals surface area contributed by atoms with E-state index in [4.69, 9.17) is 10.5 Å². The van der Waals surface area contributed by atoms with Gasteiger partial charge in [-0.15, -0.1) is 0 Å². The van der Waals surface area contributed by atoms with Crippen molar-refractivity contribution in [3.05, 3.63) is 52.3 Å². The molecule has 0 aliphatic rings. The SMILES string of the molecule is Cc1cc(Oc2ccc(C)c(C)c2)c(CN)c(C)n1. The van der Waals surface area contributed by atoms with Crippen molar-refractivity contribution in [2.75, 3.05) is 0 Å². The Morgan fingerprint density at radius 2 is 1.79 bits per heavy atom. The highest BCUT2D eigenvalue weighted by Gasteiger charge is 2.09. The third-order valence-electron chi connectivity index (χ3n) is 3.33. The molecule has 0 spiro atoms. The molecule has 2 aromatic rings. The van der Waals surface area contributed by atoms with Gasteiger partial charge in [-0.1, -0.05) is 6.07 Å². The van der Waals surface area contributed by atoms with Gasteiger partial charge in [0.25, 0.3) is 0 Å². The normalized spacial score (nSPS) is 10.6. The monoisotopic (exact) mass is 256 g/mol. The molecule has 0 saturated heterocycles. The summed E-state index contributed by atoms with van der Waals surface area (Å²) in [5.41, 5.74) is 11.1. The lowest BCUT2D eigenvalue weighted by molar-refractivity contribution is 0.473. The Labute approximate surface area is 114 Å². The van der Waals surface area contributed by atoms with Crippen LogP contribution in [0.25, 0.3) is 0 Å². The van der Waals surface area contributed by atoms with E-state index in [-0.39, 0.29) is 0 Å². The summed E-state index contributed by atoms with van der Waals surface area (Å²) in [4.78, 5) is 4.42. The second-order valence-electron chi connectivity index (χ2n) is 4.88. The van der Waals surface area contributed by atoms with Crippen molar-refractivity contribution in [2.45, 2.75) is 34.2 Å². The molecule has 2 N–H and O–H groups in total. The number of aromatic nitrogens is 1. The first-order chi connectivity index (χ1) is 9.01. The topological polar surface area (TPSA) is 48.1 Å². The van der Waals surface area contributed by atoms with E-state index in [9.17, 15) is 0 Å². The lowest BCUT2D eigenvalue weighted by Crippen LogP contribution is -2.05. The van der Waals surface area contributed by atoms with Gasteiger partial charge in [-0.3, -0.25) is 4.98 Å². The number of hydrogen-bond acceptors (Lipinski definition) is 3. The molecule has 1 aromatic heterocycles. The van der Waals surface area contributed by atoms with Crippen LogP contribution in [0.1, 0.15) is 28.1 Å². The van der Waals surface area contributed by atoms with Crippen LogP contribution in [0.15, 0.2) is 24.3 Å². The first-order valence-electron chi connectivity index (χ1n) is 6.43. The van der Waals surface area contributed by atoms with Crippen molar-refractivity contribution in [3.63, 3.8) is 0 Å². The fourth-order valence-electron chi connectivity index (χ4n) is 2.06. The van der Waals surface area contributed by atoms with Gasteiger partial charge in [0, 0.05) is 29.6 Å². The van der Waals surface area contributed by atoms with Gasteiger partial charge >= 0.3 is 0 Å². The van der Waals surface area contributed by atoms with Crippen LogP contribution in [0.5, 0.6) is 11.5 Å². The van der Waals surface area contributed by atoms with E-state index in [1.165, 1.54) is 11.1 Å². The Morgan fingerprint density at radius 3 is 2.42 bits per heavy atom. The van der Waals surface area contributed by atoms with Gasteiger partial charge in [0.2, 0.25) is 0 Å². The molecular formula is C16H20N2O. The van der Waals surface area contributed by atoms with Crippen molar-refractivity contribution in [1.29, 1.82) is 0 Å². The summed E-state index contributed by atoms with van der Waals surface area (Å²) >= 11 is 0. The molecule has 19 heavy (non-hydrogen) atoms. The summed E-state index contributed by atoms with van der Waals surface area (Å²) in [7, 11) is 0. The molecule has 0 atom stereocenters. The number of aryl methyl sites for hydroxylation is 4. The van der Waals surface area contributed by atoms with Gasteiger partial charge in [-0.25, -0.2) is 0 Å². The smallest absolute Gasteiger partial charge is 0.135 e. The Morgan fingerprint density at radius 1 is 1.05 bits per heavy atom. The van der Waals surface area contributed by atoms with Crippen LogP contribution < -0.4 is 10.5 Å². The Bertz CT molecular complexity index is 606. The third-order valence-corrected chi connectivity index (χ3v) is 3.33. The van der Waals surface area contributed by atoms with Crippen molar-refractivity contribution < 1.29 is 4.74 Å². The first kappa shape index (κ1) is 13.6. The van der Waals surface area contributed by atoms with E-state index >= 15 is 0 Å². The predicted molar refractivity (Wildman–Crippen MR) is 77.6 cm³/mol. The number of pyridine rings is 1. The zero-order chi connectivity index (χ0) is 14.0. The molecule has 0 fully saturated rings. The van der Waals surface area contributed by atoms with Crippen molar-refractivity contribution in [3.8, 4) is 11.5 Å². The highest BCUT2D eigenvalue weighted by atomic mass is 16.5. The Balaban J connectivity index is 2.39. The number of rotatable bonds is 3. The molecule has 0 aliphatic carbocycles. The van der Waals surface area contributed by atoms with Crippen molar-refractivity contribution in [2.24, 2.45) is 5.73 Å². The van der Waals surface area contributed by atoms with Crippen LogP contribution in [0.4, 0.5) is 0 Å². The predicted octanol–water partition coefficient (Wildman–Crippen LogP) is 3.57. The van der Waals surface area contributed by atoms with Crippen LogP contribution >= 0.6 is 0 Å². The van der Waals surface area contributed by atoms with Crippen LogP contribution in [-0.4, -0.2) is 4.98 Å². The van der Waals surface area contributed by atoms with Gasteiger partial charge in [0.15, 0.2) is 0 Å². The van der Waals surface area contributed by atoms with E-state index in [1.807, 2.05) is 32.0 Å². The fraction of sp³-hybridized carbons (Fsp3) is 0.312. The minimum atomic E-state index is 0.430. The van der Waals surface area contributed by atoms with Gasteiger partial charge in [0.05, 0.1) is 0 Å². The van der Waals surface area contributed by atoms with E-state index in [2.05, 4.69) is 24.9 Å². The second-order valence-corrected chi connectivity index (χ2v) is 4.88. The van der Waals surface area contributed by atoms with Gasteiger partial charge in [-0.05, 0) is 51.0 Å². The number of ether oxygens (including phenoxy) is 1. The Kier molecular flexibility index (Phi) is 3.86. The van der Waals surface area contributed by atoms with E-state index in [1.54, 1.807) is 0 Å². The molecular weight excluding hydrogens is 236 g/mol. The zero-order valence-electron chi connectivity index (χ0n) is 11.9. The molecule has 0 radical (unpaired) electrons. The zero-order valence-corrected chi connectivity index (χ0v) is 11.9. The average Bonchev–Trinajstić information content (AvgIpc) is 2.33. The van der Waals surface area contributed by atoms with Crippen LogP contribution in [0.3, 0.4) is 0 Å². The highest BCUT2D eigenvalue weighted by Crippen LogP contribution is 2.28. The average molecular weight is 256 g/mol. The minimum Gasteiger partial charge on any atom is -0.457 e. The quantitative estimate of drug-likeness (QED) is 0.913. The minimum absolute atomic E-state index is 0.430. The number of nitrogens with zero attached hydrogens (tertiary/aromatic N) is 1. The molecule has 0 aliphatic heterocycles. The molecule has 3 heteroatoms. The molecule has 2 rings (SSSR count). The number of hydrogen-bond donors (Lipinski definition) is 1. The molecule has 0 saturated carbocycles. The summed E-state index contributed by atoms with van der Waals surface area (Å²) in [5, 5.41) is 0. The third kappa shape index (κ3) is 2.93. The lowest BCUT2D eigenvalue weighted by Gasteiger charge is -2.13. The van der Waals surface area contributed by atoms with E-state index < -0.39 is 0 Å². The molecule has 0 bridgehead atoms. The molecule has 0 unspecified atom stereocenters. The van der Waals surface area contributed by atoms with Gasteiger partial charge in [-0.2, -0.15) is 0 Å². The number of nitrogens with two attached hydrogens (primary N) is 1. The maximum atomic E-state index is 5.98. The first-order valence-corrected chi connectivity index (χ1v) is 6.43. The van der Waals surface area contributed by atoms with Crippen LogP contribution in [-0.2, 0) is 6.54 Å². The molecule has 1 heterocycles. The van der Waals surface area contributed by atoms with Gasteiger partial charge in [0.1, 0.15) is 11.5 Å². The largest absolute Gasteiger partial charge is 0.457 e. The van der Waals surface area contributed by atoms with Crippen LogP contribution in [0.2, 0.25) is 0 Å². The van der Waals surface area contributed by atoms with Gasteiger partial charge < -0.3 is 10.5 Å².